The molecular weight excluding hydrogens is 191 g/mol. The normalized spacial score (nSPS) is 30.3. The number of rotatable bonds is 3. The SMILES string of the molecule is CCCC1CCC(S(=O)(=O)F)CC1. The Morgan fingerprint density at radius 1 is 1.23 bits per heavy atom. The van der Waals surface area contributed by atoms with Crippen LogP contribution in [-0.4, -0.2) is 13.7 Å². The van der Waals surface area contributed by atoms with Crippen molar-refractivity contribution in [1.29, 1.82) is 0 Å². The summed E-state index contributed by atoms with van der Waals surface area (Å²) >= 11 is 0. The summed E-state index contributed by atoms with van der Waals surface area (Å²) in [5.41, 5.74) is 0. The fourth-order valence-electron chi connectivity index (χ4n) is 2.11. The molecule has 13 heavy (non-hydrogen) atoms. The lowest BCUT2D eigenvalue weighted by atomic mass is 9.86. The smallest absolute Gasteiger partial charge is 0.195 e. The molecule has 1 fully saturated rings. The average molecular weight is 208 g/mol. The van der Waals surface area contributed by atoms with E-state index in [4.69, 9.17) is 0 Å². The molecule has 2 nitrogen and oxygen atoms in total. The molecule has 1 aliphatic rings. The van der Waals surface area contributed by atoms with Crippen molar-refractivity contribution in [1.82, 2.24) is 0 Å². The molecule has 0 aromatic rings. The first-order chi connectivity index (χ1) is 6.04. The highest BCUT2D eigenvalue weighted by Gasteiger charge is 2.29. The second kappa shape index (κ2) is 4.40. The minimum absolute atomic E-state index is 0.517. The fourth-order valence-corrected chi connectivity index (χ4v) is 2.95. The van der Waals surface area contributed by atoms with Gasteiger partial charge in [0.1, 0.15) is 0 Å². The maximum absolute atomic E-state index is 12.6. The molecule has 1 saturated carbocycles. The van der Waals surface area contributed by atoms with Crippen LogP contribution >= 0.6 is 0 Å². The van der Waals surface area contributed by atoms with Gasteiger partial charge in [0.15, 0.2) is 0 Å². The molecule has 0 saturated heterocycles. The van der Waals surface area contributed by atoms with E-state index in [1.807, 2.05) is 0 Å². The Morgan fingerprint density at radius 2 is 1.77 bits per heavy atom. The van der Waals surface area contributed by atoms with E-state index in [-0.39, 0.29) is 0 Å². The van der Waals surface area contributed by atoms with Crippen molar-refractivity contribution < 1.29 is 12.3 Å². The third-order valence-electron chi connectivity index (χ3n) is 2.89. The van der Waals surface area contributed by atoms with Gasteiger partial charge in [0.05, 0.1) is 5.25 Å². The molecule has 0 radical (unpaired) electrons. The monoisotopic (exact) mass is 208 g/mol. The Hall–Kier alpha value is -0.120. The summed E-state index contributed by atoms with van der Waals surface area (Å²) in [7, 11) is -4.26. The molecule has 78 valence electrons. The zero-order valence-corrected chi connectivity index (χ0v) is 8.82. The minimum Gasteiger partial charge on any atom is -0.195 e. The second-order valence-electron chi connectivity index (χ2n) is 3.91. The van der Waals surface area contributed by atoms with Gasteiger partial charge in [-0.05, 0) is 31.6 Å². The summed E-state index contributed by atoms with van der Waals surface area (Å²) in [5.74, 6) is 0.628. The Bertz CT molecular complexity index is 240. The highest BCUT2D eigenvalue weighted by molar-refractivity contribution is 7.87. The third-order valence-corrected chi connectivity index (χ3v) is 4.16. The minimum atomic E-state index is -4.26. The first kappa shape index (κ1) is 11.0. The van der Waals surface area contributed by atoms with Crippen molar-refractivity contribution in [3.05, 3.63) is 0 Å². The van der Waals surface area contributed by atoms with Crippen LogP contribution in [0.5, 0.6) is 0 Å². The lowest BCUT2D eigenvalue weighted by molar-refractivity contribution is 0.332. The molecule has 4 heteroatoms. The molecule has 0 spiro atoms. The molecule has 0 unspecified atom stereocenters. The van der Waals surface area contributed by atoms with Crippen molar-refractivity contribution in [2.24, 2.45) is 5.92 Å². The van der Waals surface area contributed by atoms with Crippen molar-refractivity contribution in [3.8, 4) is 0 Å². The van der Waals surface area contributed by atoms with Crippen LogP contribution in [0.25, 0.3) is 0 Å². The lowest BCUT2D eigenvalue weighted by Gasteiger charge is -2.25. The molecule has 0 aliphatic heterocycles. The maximum atomic E-state index is 12.6. The molecule has 0 bridgehead atoms. The summed E-state index contributed by atoms with van der Waals surface area (Å²) in [6, 6.07) is 0. The summed E-state index contributed by atoms with van der Waals surface area (Å²) in [6.07, 6.45) is 5.08. The number of hydrogen-bond donors (Lipinski definition) is 0. The van der Waals surface area contributed by atoms with E-state index in [0.29, 0.717) is 18.8 Å². The molecule has 0 amide bonds. The summed E-state index contributed by atoms with van der Waals surface area (Å²) < 4.78 is 33.7. The van der Waals surface area contributed by atoms with E-state index < -0.39 is 15.5 Å². The summed E-state index contributed by atoms with van der Waals surface area (Å²) in [4.78, 5) is 0. The standard InChI is InChI=1S/C9H17FO2S/c1-2-3-8-4-6-9(7-5-8)13(10,11)12/h8-9H,2-7H2,1H3. The predicted octanol–water partition coefficient (Wildman–Crippen LogP) is 2.64. The van der Waals surface area contributed by atoms with E-state index in [9.17, 15) is 12.3 Å². The van der Waals surface area contributed by atoms with E-state index in [2.05, 4.69) is 6.92 Å². The molecule has 0 N–H and O–H groups in total. The average Bonchev–Trinajstić information content (AvgIpc) is 2.04. The van der Waals surface area contributed by atoms with E-state index in [1.54, 1.807) is 0 Å². The molecular formula is C9H17FO2S. The van der Waals surface area contributed by atoms with Gasteiger partial charge in [-0.1, -0.05) is 19.8 Å². The highest BCUT2D eigenvalue weighted by atomic mass is 32.3. The van der Waals surface area contributed by atoms with Gasteiger partial charge in [-0.25, -0.2) is 0 Å². The zero-order chi connectivity index (χ0) is 9.90. The van der Waals surface area contributed by atoms with E-state index in [0.717, 1.165) is 25.7 Å². The molecule has 0 aromatic heterocycles. The second-order valence-corrected chi connectivity index (χ2v) is 5.52. The Balaban J connectivity index is 2.39. The zero-order valence-electron chi connectivity index (χ0n) is 8.00. The van der Waals surface area contributed by atoms with Crippen LogP contribution in [0.4, 0.5) is 3.89 Å². The summed E-state index contributed by atoms with van der Waals surface area (Å²) in [5, 5.41) is -0.708. The van der Waals surface area contributed by atoms with Gasteiger partial charge in [0, 0.05) is 0 Å². The Labute approximate surface area is 79.7 Å². The first-order valence-corrected chi connectivity index (χ1v) is 6.42. The molecule has 0 atom stereocenters. The van der Waals surface area contributed by atoms with E-state index >= 15 is 0 Å². The Morgan fingerprint density at radius 3 is 2.15 bits per heavy atom. The van der Waals surface area contributed by atoms with Crippen LogP contribution in [-0.2, 0) is 10.2 Å². The number of hydrogen-bond acceptors (Lipinski definition) is 2. The van der Waals surface area contributed by atoms with Crippen molar-refractivity contribution >= 4 is 10.2 Å². The molecule has 1 rings (SSSR count). The van der Waals surface area contributed by atoms with Gasteiger partial charge in [-0.15, -0.1) is 3.89 Å². The van der Waals surface area contributed by atoms with Crippen molar-refractivity contribution in [3.63, 3.8) is 0 Å². The number of halogens is 1. The largest absolute Gasteiger partial charge is 0.305 e. The highest BCUT2D eigenvalue weighted by Crippen LogP contribution is 2.31. The van der Waals surface area contributed by atoms with Crippen LogP contribution in [0, 0.1) is 5.92 Å². The Kier molecular flexibility index (Phi) is 3.71. The van der Waals surface area contributed by atoms with Gasteiger partial charge in [-0.3, -0.25) is 0 Å². The topological polar surface area (TPSA) is 34.1 Å². The molecule has 0 heterocycles. The predicted molar refractivity (Wildman–Crippen MR) is 50.7 cm³/mol. The quantitative estimate of drug-likeness (QED) is 0.668. The van der Waals surface area contributed by atoms with Crippen LogP contribution < -0.4 is 0 Å². The van der Waals surface area contributed by atoms with Gasteiger partial charge < -0.3 is 0 Å². The maximum Gasteiger partial charge on any atom is 0.305 e. The summed E-state index contributed by atoms with van der Waals surface area (Å²) in [6.45, 7) is 2.12. The van der Waals surface area contributed by atoms with Gasteiger partial charge >= 0.3 is 10.2 Å². The lowest BCUT2D eigenvalue weighted by Crippen LogP contribution is -2.24. The first-order valence-electron chi connectivity index (χ1n) is 4.97. The van der Waals surface area contributed by atoms with Gasteiger partial charge in [0.2, 0.25) is 0 Å². The van der Waals surface area contributed by atoms with E-state index in [1.165, 1.54) is 0 Å². The van der Waals surface area contributed by atoms with Crippen LogP contribution in [0.2, 0.25) is 0 Å². The molecule has 0 aromatic carbocycles. The van der Waals surface area contributed by atoms with Crippen LogP contribution in [0.3, 0.4) is 0 Å². The van der Waals surface area contributed by atoms with Crippen molar-refractivity contribution in [2.75, 3.05) is 0 Å². The van der Waals surface area contributed by atoms with Crippen molar-refractivity contribution in [2.45, 2.75) is 50.7 Å². The third kappa shape index (κ3) is 3.25. The van der Waals surface area contributed by atoms with Crippen LogP contribution in [0.1, 0.15) is 45.4 Å². The van der Waals surface area contributed by atoms with Crippen LogP contribution in [0.15, 0.2) is 0 Å². The van der Waals surface area contributed by atoms with Gasteiger partial charge in [-0.2, -0.15) is 8.42 Å². The van der Waals surface area contributed by atoms with Gasteiger partial charge in [0.25, 0.3) is 0 Å². The molecule has 1 aliphatic carbocycles. The fraction of sp³-hybridized carbons (Fsp3) is 1.00.